The van der Waals surface area contributed by atoms with Gasteiger partial charge in [0.05, 0.1) is 5.69 Å². The van der Waals surface area contributed by atoms with Crippen LogP contribution in [0.3, 0.4) is 0 Å². The van der Waals surface area contributed by atoms with Crippen LogP contribution in [0.2, 0.25) is 0 Å². The van der Waals surface area contributed by atoms with Gasteiger partial charge < -0.3 is 4.74 Å². The van der Waals surface area contributed by atoms with Crippen LogP contribution in [0.5, 0.6) is 0 Å². The molecule has 0 unspecified atom stereocenters. The number of carbonyl (C=O) groups excluding carboxylic acids is 1. The maximum Gasteiger partial charge on any atom is 0.445 e. The number of alkyl halides is 3. The highest BCUT2D eigenvalue weighted by Crippen LogP contribution is 2.47. The van der Waals surface area contributed by atoms with Gasteiger partial charge in [0.15, 0.2) is 0 Å². The Balaban J connectivity index is 2.22. The van der Waals surface area contributed by atoms with E-state index in [2.05, 4.69) is 16.0 Å². The molecule has 1 aromatic rings. The van der Waals surface area contributed by atoms with E-state index in [1.54, 1.807) is 0 Å². The minimum Gasteiger partial charge on any atom is -0.415 e. The van der Waals surface area contributed by atoms with E-state index in [4.69, 9.17) is 0 Å². The number of hydrogen-bond donors (Lipinski definition) is 1. The number of carbonyl (C=O) groups is 1. The van der Waals surface area contributed by atoms with E-state index in [-0.39, 0.29) is 11.6 Å². The standard InChI is InChI=1S/C14H9F4NO2/c15-9-3-4-11-10(7-9)13(14(16,17)18,21-12(20)19-11)6-5-8-1-2-8/h3-4,7-8H,1-2H2,(H,19,20)/t13-/m0/s1. The zero-order valence-corrected chi connectivity index (χ0v) is 10.6. The Labute approximate surface area is 117 Å². The number of nitrogens with one attached hydrogen (secondary N) is 1. The van der Waals surface area contributed by atoms with Crippen LogP contribution in [0.15, 0.2) is 18.2 Å². The second kappa shape index (κ2) is 4.38. The molecule has 1 aliphatic carbocycles. The van der Waals surface area contributed by atoms with Gasteiger partial charge in [-0.25, -0.2) is 9.18 Å². The topological polar surface area (TPSA) is 38.3 Å². The van der Waals surface area contributed by atoms with Crippen LogP contribution in [0.25, 0.3) is 0 Å². The van der Waals surface area contributed by atoms with Gasteiger partial charge in [0.1, 0.15) is 5.82 Å². The third kappa shape index (κ3) is 2.31. The summed E-state index contributed by atoms with van der Waals surface area (Å²) in [6.45, 7) is 0. The largest absolute Gasteiger partial charge is 0.445 e. The molecule has 1 amide bonds. The first-order chi connectivity index (χ1) is 9.82. The van der Waals surface area contributed by atoms with Crippen LogP contribution < -0.4 is 5.32 Å². The molecular weight excluding hydrogens is 290 g/mol. The number of halogens is 4. The highest BCUT2D eigenvalue weighted by atomic mass is 19.4. The van der Waals surface area contributed by atoms with E-state index >= 15 is 0 Å². The summed E-state index contributed by atoms with van der Waals surface area (Å²) >= 11 is 0. The molecule has 21 heavy (non-hydrogen) atoms. The number of benzene rings is 1. The monoisotopic (exact) mass is 299 g/mol. The smallest absolute Gasteiger partial charge is 0.415 e. The Kier molecular flexibility index (Phi) is 2.87. The van der Waals surface area contributed by atoms with Gasteiger partial charge in [0.2, 0.25) is 0 Å². The summed E-state index contributed by atoms with van der Waals surface area (Å²) in [5, 5.41) is 2.12. The normalized spacial score (nSPS) is 24.3. The first-order valence-corrected chi connectivity index (χ1v) is 6.21. The average Bonchev–Trinajstić information content (AvgIpc) is 3.19. The maximum absolute atomic E-state index is 13.5. The number of amides is 1. The molecule has 1 atom stereocenters. The summed E-state index contributed by atoms with van der Waals surface area (Å²) in [6, 6.07) is 2.70. The van der Waals surface area contributed by atoms with Crippen molar-refractivity contribution in [2.75, 3.05) is 5.32 Å². The molecule has 1 fully saturated rings. The first-order valence-electron chi connectivity index (χ1n) is 6.21. The number of ether oxygens (including phenoxy) is 1. The van der Waals surface area contributed by atoms with Crippen molar-refractivity contribution in [1.29, 1.82) is 0 Å². The van der Waals surface area contributed by atoms with Crippen LogP contribution in [-0.4, -0.2) is 12.3 Å². The molecule has 110 valence electrons. The Hall–Kier alpha value is -2.23. The van der Waals surface area contributed by atoms with Crippen molar-refractivity contribution < 1.29 is 27.1 Å². The highest BCUT2D eigenvalue weighted by Gasteiger charge is 2.62. The summed E-state index contributed by atoms with van der Waals surface area (Å²) in [6.07, 6.45) is -4.82. The molecule has 0 spiro atoms. The highest BCUT2D eigenvalue weighted by molar-refractivity contribution is 5.89. The summed E-state index contributed by atoms with van der Waals surface area (Å²) in [7, 11) is 0. The molecule has 3 nitrogen and oxygen atoms in total. The first kappa shape index (κ1) is 13.7. The zero-order chi connectivity index (χ0) is 15.3. The second-order valence-electron chi connectivity index (χ2n) is 4.93. The molecule has 1 saturated carbocycles. The number of fused-ring (bicyclic) bond motifs is 1. The number of rotatable bonds is 0. The fraction of sp³-hybridized carbons (Fsp3) is 0.357. The van der Waals surface area contributed by atoms with Crippen molar-refractivity contribution in [3.63, 3.8) is 0 Å². The molecule has 1 N–H and O–H groups in total. The van der Waals surface area contributed by atoms with Crippen molar-refractivity contribution in [2.24, 2.45) is 5.92 Å². The maximum atomic E-state index is 13.5. The lowest BCUT2D eigenvalue weighted by Crippen LogP contribution is -2.49. The Morgan fingerprint density at radius 3 is 2.67 bits per heavy atom. The fourth-order valence-electron chi connectivity index (χ4n) is 2.05. The predicted molar refractivity (Wildman–Crippen MR) is 64.7 cm³/mol. The van der Waals surface area contributed by atoms with Gasteiger partial charge >= 0.3 is 12.3 Å². The third-order valence-corrected chi connectivity index (χ3v) is 3.27. The van der Waals surface area contributed by atoms with Gasteiger partial charge in [0, 0.05) is 11.5 Å². The van der Waals surface area contributed by atoms with E-state index in [1.165, 1.54) is 0 Å². The van der Waals surface area contributed by atoms with Crippen molar-refractivity contribution >= 4 is 11.8 Å². The van der Waals surface area contributed by atoms with Gasteiger partial charge in [-0.15, -0.1) is 0 Å². The Bertz CT molecular complexity index is 670. The van der Waals surface area contributed by atoms with Crippen molar-refractivity contribution in [1.82, 2.24) is 0 Å². The lowest BCUT2D eigenvalue weighted by atomic mass is 9.90. The lowest BCUT2D eigenvalue weighted by molar-refractivity contribution is -0.239. The molecule has 0 radical (unpaired) electrons. The van der Waals surface area contributed by atoms with E-state index in [0.717, 1.165) is 12.1 Å². The molecular formula is C14H9F4NO2. The van der Waals surface area contributed by atoms with E-state index in [0.29, 0.717) is 18.9 Å². The molecule has 0 saturated heterocycles. The minimum absolute atomic E-state index is 0.130. The molecule has 1 aromatic carbocycles. The summed E-state index contributed by atoms with van der Waals surface area (Å²) in [5.74, 6) is 3.49. The predicted octanol–water partition coefficient (Wildman–Crippen LogP) is 3.56. The van der Waals surface area contributed by atoms with Gasteiger partial charge in [-0.2, -0.15) is 13.2 Å². The van der Waals surface area contributed by atoms with E-state index < -0.39 is 29.3 Å². The number of anilines is 1. The van der Waals surface area contributed by atoms with Crippen molar-refractivity contribution in [2.45, 2.75) is 24.6 Å². The van der Waals surface area contributed by atoms with E-state index in [9.17, 15) is 22.4 Å². The molecule has 1 heterocycles. The quantitative estimate of drug-likeness (QED) is 0.587. The summed E-state index contributed by atoms with van der Waals surface area (Å²) in [4.78, 5) is 11.4. The molecule has 0 bridgehead atoms. The van der Waals surface area contributed by atoms with Crippen LogP contribution in [0, 0.1) is 23.6 Å². The van der Waals surface area contributed by atoms with Crippen LogP contribution in [-0.2, 0) is 10.3 Å². The molecule has 3 rings (SSSR count). The van der Waals surface area contributed by atoms with Crippen LogP contribution in [0.1, 0.15) is 18.4 Å². The van der Waals surface area contributed by atoms with Crippen molar-refractivity contribution in [3.8, 4) is 11.8 Å². The zero-order valence-electron chi connectivity index (χ0n) is 10.6. The van der Waals surface area contributed by atoms with E-state index in [1.807, 2.05) is 5.92 Å². The van der Waals surface area contributed by atoms with Crippen molar-refractivity contribution in [3.05, 3.63) is 29.6 Å². The molecule has 7 heteroatoms. The van der Waals surface area contributed by atoms with Gasteiger partial charge in [-0.3, -0.25) is 5.32 Å². The lowest BCUT2D eigenvalue weighted by Gasteiger charge is -2.35. The minimum atomic E-state index is -4.98. The van der Waals surface area contributed by atoms with Gasteiger partial charge in [0.25, 0.3) is 5.60 Å². The van der Waals surface area contributed by atoms with Gasteiger partial charge in [-0.05, 0) is 37.0 Å². The Morgan fingerprint density at radius 2 is 2.05 bits per heavy atom. The van der Waals surface area contributed by atoms with Gasteiger partial charge in [-0.1, -0.05) is 5.92 Å². The fourth-order valence-corrected chi connectivity index (χ4v) is 2.05. The second-order valence-corrected chi connectivity index (χ2v) is 4.93. The Morgan fingerprint density at radius 1 is 1.33 bits per heavy atom. The third-order valence-electron chi connectivity index (χ3n) is 3.27. The van der Waals surface area contributed by atoms with Crippen LogP contribution in [0.4, 0.5) is 28.0 Å². The molecule has 1 aliphatic heterocycles. The SMILES string of the molecule is O=C1Nc2ccc(F)cc2[C@@](C#CC2CC2)(C(F)(F)F)O1. The number of hydrogen-bond acceptors (Lipinski definition) is 2. The molecule has 2 aliphatic rings. The van der Waals surface area contributed by atoms with Crippen LogP contribution >= 0.6 is 0 Å². The average molecular weight is 299 g/mol. The number of cyclic esters (lactones) is 1. The summed E-state index contributed by atoms with van der Waals surface area (Å²) in [5.41, 5.74) is -3.83. The molecule has 0 aromatic heterocycles. The summed E-state index contributed by atoms with van der Waals surface area (Å²) < 4.78 is 58.4.